The van der Waals surface area contributed by atoms with Gasteiger partial charge in [-0.1, -0.05) is 6.07 Å². The lowest BCUT2D eigenvalue weighted by Crippen LogP contribution is -2.06. The third-order valence-electron chi connectivity index (χ3n) is 3.60. The van der Waals surface area contributed by atoms with E-state index in [0.717, 1.165) is 17.1 Å². The third-order valence-corrected chi connectivity index (χ3v) is 3.60. The lowest BCUT2D eigenvalue weighted by molar-refractivity contribution is -0.115. The predicted octanol–water partition coefficient (Wildman–Crippen LogP) is 3.88. The molecule has 2 aromatic carbocycles. The summed E-state index contributed by atoms with van der Waals surface area (Å²) in [5, 5.41) is 11.8. The minimum atomic E-state index is -0.129. The second kappa shape index (κ2) is 8.63. The number of nitrogens with zero attached hydrogens (tertiary/aromatic N) is 2. The first-order valence-corrected chi connectivity index (χ1v) is 8.59. The van der Waals surface area contributed by atoms with Crippen LogP contribution in [0.1, 0.15) is 13.8 Å². The highest BCUT2D eigenvalue weighted by Gasteiger charge is 2.03. The summed E-state index contributed by atoms with van der Waals surface area (Å²) in [5.41, 5.74) is 3.04. The number of hydrogen-bond acceptors (Lipinski definition) is 6. The number of hydrogen-bond donors (Lipinski definition) is 4. The molecular formula is C20H20N6O2. The maximum atomic E-state index is 11.2. The van der Waals surface area contributed by atoms with Crippen LogP contribution in [0.5, 0.6) is 0 Å². The van der Waals surface area contributed by atoms with E-state index in [2.05, 4.69) is 31.2 Å². The lowest BCUT2D eigenvalue weighted by Gasteiger charge is -2.10. The average molecular weight is 376 g/mol. The van der Waals surface area contributed by atoms with Crippen LogP contribution in [0, 0.1) is 0 Å². The van der Waals surface area contributed by atoms with E-state index in [4.69, 9.17) is 0 Å². The highest BCUT2D eigenvalue weighted by Crippen LogP contribution is 2.22. The van der Waals surface area contributed by atoms with Crippen LogP contribution >= 0.6 is 0 Å². The molecule has 1 heterocycles. The molecule has 8 nitrogen and oxygen atoms in total. The van der Waals surface area contributed by atoms with Gasteiger partial charge in [-0.15, -0.1) is 0 Å². The number of benzene rings is 2. The summed E-state index contributed by atoms with van der Waals surface area (Å²) in [6.45, 7) is 2.93. The van der Waals surface area contributed by atoms with E-state index in [1.807, 2.05) is 36.4 Å². The van der Waals surface area contributed by atoms with Crippen molar-refractivity contribution in [1.82, 2.24) is 9.97 Å². The third kappa shape index (κ3) is 5.53. The van der Waals surface area contributed by atoms with Crippen LogP contribution < -0.4 is 21.3 Å². The molecule has 0 unspecified atom stereocenters. The van der Waals surface area contributed by atoms with Crippen LogP contribution in [0.3, 0.4) is 0 Å². The van der Waals surface area contributed by atoms with Crippen LogP contribution in [0.2, 0.25) is 0 Å². The van der Waals surface area contributed by atoms with E-state index >= 15 is 0 Å². The standard InChI is InChI=1S/C20H20N6O2/c1-13(27)23-15-6-8-16(9-7-15)25-19-11-20(22-12-21-19)26-18-5-3-4-17(10-18)24-14(2)28/h3-12H,1-2H3,(H,23,27)(H,24,28)(H2,21,22,25,26). The molecule has 28 heavy (non-hydrogen) atoms. The Morgan fingerprint density at radius 1 is 0.679 bits per heavy atom. The van der Waals surface area contributed by atoms with Crippen molar-refractivity contribution in [2.24, 2.45) is 0 Å². The molecule has 0 aliphatic heterocycles. The molecule has 0 fully saturated rings. The molecule has 4 N–H and O–H groups in total. The molecule has 3 aromatic rings. The first kappa shape index (κ1) is 18.8. The molecule has 1 aromatic heterocycles. The Morgan fingerprint density at radius 2 is 1.21 bits per heavy atom. The maximum Gasteiger partial charge on any atom is 0.221 e. The van der Waals surface area contributed by atoms with Gasteiger partial charge in [0.15, 0.2) is 0 Å². The molecule has 0 saturated carbocycles. The minimum Gasteiger partial charge on any atom is -0.340 e. The predicted molar refractivity (Wildman–Crippen MR) is 110 cm³/mol. The topological polar surface area (TPSA) is 108 Å². The van der Waals surface area contributed by atoms with Gasteiger partial charge in [-0.05, 0) is 42.5 Å². The molecule has 0 aliphatic carbocycles. The summed E-state index contributed by atoms with van der Waals surface area (Å²) >= 11 is 0. The van der Waals surface area contributed by atoms with Crippen LogP contribution in [0.4, 0.5) is 34.4 Å². The average Bonchev–Trinajstić information content (AvgIpc) is 2.63. The van der Waals surface area contributed by atoms with Gasteiger partial charge in [0.2, 0.25) is 11.8 Å². The van der Waals surface area contributed by atoms with Crippen LogP contribution in [0.25, 0.3) is 0 Å². The van der Waals surface area contributed by atoms with Gasteiger partial charge in [-0.25, -0.2) is 9.97 Å². The van der Waals surface area contributed by atoms with Gasteiger partial charge in [-0.2, -0.15) is 0 Å². The van der Waals surface area contributed by atoms with Crippen LogP contribution in [-0.4, -0.2) is 21.8 Å². The number of nitrogens with one attached hydrogen (secondary N) is 4. The number of anilines is 6. The Bertz CT molecular complexity index is 988. The summed E-state index contributed by atoms with van der Waals surface area (Å²) in [6.07, 6.45) is 1.45. The Hall–Kier alpha value is -3.94. The molecule has 0 atom stereocenters. The molecule has 8 heteroatoms. The number of aromatic nitrogens is 2. The molecule has 3 rings (SSSR count). The molecular weight excluding hydrogens is 356 g/mol. The number of carbonyl (C=O) groups excluding carboxylic acids is 2. The monoisotopic (exact) mass is 376 g/mol. The van der Waals surface area contributed by atoms with Crippen molar-refractivity contribution in [3.63, 3.8) is 0 Å². The van der Waals surface area contributed by atoms with Gasteiger partial charge in [0.25, 0.3) is 0 Å². The maximum absolute atomic E-state index is 11.2. The Kier molecular flexibility index (Phi) is 5.81. The fourth-order valence-corrected chi connectivity index (χ4v) is 2.51. The van der Waals surface area contributed by atoms with Gasteiger partial charge >= 0.3 is 0 Å². The van der Waals surface area contributed by atoms with E-state index in [1.165, 1.54) is 20.2 Å². The Morgan fingerprint density at radius 3 is 1.86 bits per heavy atom. The van der Waals surface area contributed by atoms with Crippen LogP contribution in [0.15, 0.2) is 60.9 Å². The summed E-state index contributed by atoms with van der Waals surface area (Å²) in [6, 6.07) is 16.4. The van der Waals surface area contributed by atoms with Gasteiger partial charge in [0.1, 0.15) is 18.0 Å². The minimum absolute atomic E-state index is 0.116. The van der Waals surface area contributed by atoms with Crippen LogP contribution in [-0.2, 0) is 9.59 Å². The van der Waals surface area contributed by atoms with Crippen molar-refractivity contribution in [2.45, 2.75) is 13.8 Å². The Labute approximate surface area is 162 Å². The van der Waals surface area contributed by atoms with E-state index in [0.29, 0.717) is 17.3 Å². The van der Waals surface area contributed by atoms with Gasteiger partial charge in [-0.3, -0.25) is 9.59 Å². The quantitative estimate of drug-likeness (QED) is 0.520. The largest absolute Gasteiger partial charge is 0.340 e. The second-order valence-corrected chi connectivity index (χ2v) is 6.06. The fraction of sp³-hybridized carbons (Fsp3) is 0.100. The zero-order chi connectivity index (χ0) is 19.9. The number of carbonyl (C=O) groups is 2. The zero-order valence-corrected chi connectivity index (χ0v) is 15.5. The molecule has 0 saturated heterocycles. The SMILES string of the molecule is CC(=O)Nc1ccc(Nc2cc(Nc3cccc(NC(C)=O)c3)ncn2)cc1. The van der Waals surface area contributed by atoms with Gasteiger partial charge in [0.05, 0.1) is 0 Å². The van der Waals surface area contributed by atoms with Crippen molar-refractivity contribution < 1.29 is 9.59 Å². The Balaban J connectivity index is 1.69. The van der Waals surface area contributed by atoms with Crippen molar-refractivity contribution >= 4 is 46.2 Å². The van der Waals surface area contributed by atoms with Crippen molar-refractivity contribution in [3.8, 4) is 0 Å². The second-order valence-electron chi connectivity index (χ2n) is 6.06. The highest BCUT2D eigenvalue weighted by molar-refractivity contribution is 5.89. The van der Waals surface area contributed by atoms with Crippen molar-refractivity contribution in [3.05, 3.63) is 60.9 Å². The molecule has 142 valence electrons. The van der Waals surface area contributed by atoms with Gasteiger partial charge in [0, 0.05) is 42.7 Å². The van der Waals surface area contributed by atoms with E-state index in [-0.39, 0.29) is 11.8 Å². The molecule has 0 spiro atoms. The normalized spacial score (nSPS) is 10.1. The molecule has 2 amide bonds. The molecule has 0 radical (unpaired) electrons. The lowest BCUT2D eigenvalue weighted by atomic mass is 10.2. The highest BCUT2D eigenvalue weighted by atomic mass is 16.2. The smallest absolute Gasteiger partial charge is 0.221 e. The van der Waals surface area contributed by atoms with E-state index < -0.39 is 0 Å². The van der Waals surface area contributed by atoms with E-state index in [9.17, 15) is 9.59 Å². The van der Waals surface area contributed by atoms with Crippen molar-refractivity contribution in [2.75, 3.05) is 21.3 Å². The number of rotatable bonds is 6. The fourth-order valence-electron chi connectivity index (χ4n) is 2.51. The first-order chi connectivity index (χ1) is 13.5. The zero-order valence-electron chi connectivity index (χ0n) is 15.5. The summed E-state index contributed by atoms with van der Waals surface area (Å²) < 4.78 is 0. The molecule has 0 aliphatic rings. The summed E-state index contributed by atoms with van der Waals surface area (Å²) in [7, 11) is 0. The summed E-state index contributed by atoms with van der Waals surface area (Å²) in [4.78, 5) is 30.7. The summed E-state index contributed by atoms with van der Waals surface area (Å²) in [5.74, 6) is 0.972. The first-order valence-electron chi connectivity index (χ1n) is 8.59. The molecule has 0 bridgehead atoms. The van der Waals surface area contributed by atoms with E-state index in [1.54, 1.807) is 18.2 Å². The van der Waals surface area contributed by atoms with Crippen molar-refractivity contribution in [1.29, 1.82) is 0 Å². The van der Waals surface area contributed by atoms with Gasteiger partial charge < -0.3 is 21.3 Å². The number of amides is 2.